The molecule has 0 fully saturated rings. The zero-order valence-corrected chi connectivity index (χ0v) is 19.4. The number of carbonyl (C=O) groups excluding carboxylic acids is 1. The Labute approximate surface area is 185 Å². The molecular weight excluding hydrogens is 442 g/mol. The number of pyridine rings is 2. The number of fused-ring (bicyclic) bond motifs is 1. The van der Waals surface area contributed by atoms with E-state index in [4.69, 9.17) is 0 Å². The van der Waals surface area contributed by atoms with E-state index in [1.807, 2.05) is 25.3 Å². The minimum atomic E-state index is -0.0166. The van der Waals surface area contributed by atoms with Crippen LogP contribution in [0.25, 0.3) is 16.6 Å². The molecule has 156 valence electrons. The van der Waals surface area contributed by atoms with E-state index in [2.05, 4.69) is 54.6 Å². The van der Waals surface area contributed by atoms with Crippen LogP contribution in [0, 0.1) is 6.92 Å². The summed E-state index contributed by atoms with van der Waals surface area (Å²) in [4.78, 5) is 25.3. The van der Waals surface area contributed by atoms with Gasteiger partial charge in [-0.05, 0) is 58.6 Å². The van der Waals surface area contributed by atoms with Gasteiger partial charge in [-0.3, -0.25) is 14.7 Å². The molecule has 0 bridgehead atoms. The summed E-state index contributed by atoms with van der Waals surface area (Å²) in [7, 11) is 5.59. The van der Waals surface area contributed by atoms with Crippen LogP contribution in [-0.2, 0) is 13.6 Å². The molecule has 0 aromatic carbocycles. The molecule has 0 spiro atoms. The highest BCUT2D eigenvalue weighted by atomic mass is 79.9. The van der Waals surface area contributed by atoms with Gasteiger partial charge in [-0.15, -0.1) is 0 Å². The van der Waals surface area contributed by atoms with Crippen molar-refractivity contribution < 1.29 is 4.79 Å². The maximum atomic E-state index is 12.2. The summed E-state index contributed by atoms with van der Waals surface area (Å²) in [5.74, 6) is -0.0166. The summed E-state index contributed by atoms with van der Waals surface area (Å²) in [6.07, 6.45) is 6.74. The first-order chi connectivity index (χ1) is 14.3. The summed E-state index contributed by atoms with van der Waals surface area (Å²) < 4.78 is 3.25. The zero-order chi connectivity index (χ0) is 21.4. The molecule has 0 atom stereocenters. The lowest BCUT2D eigenvalue weighted by Gasteiger charge is -2.26. The second-order valence-electron chi connectivity index (χ2n) is 8.03. The smallest absolute Gasteiger partial charge is 0.254 e. The SMILES string of the molecule is Cc1cc(C(=O)N(C)C)cnc1C1=CCN(Cc2cc3c(Br)ccnc3n2C)CC1. The van der Waals surface area contributed by atoms with E-state index in [9.17, 15) is 4.79 Å². The van der Waals surface area contributed by atoms with Crippen LogP contribution >= 0.6 is 15.9 Å². The molecular formula is C23H26BrN5O. The first-order valence-electron chi connectivity index (χ1n) is 10.0. The molecule has 1 amide bonds. The van der Waals surface area contributed by atoms with Gasteiger partial charge in [0.1, 0.15) is 5.65 Å². The number of rotatable bonds is 4. The minimum absolute atomic E-state index is 0.0166. The molecule has 1 aliphatic rings. The zero-order valence-electron chi connectivity index (χ0n) is 17.8. The van der Waals surface area contributed by atoms with Gasteiger partial charge < -0.3 is 9.47 Å². The summed E-state index contributed by atoms with van der Waals surface area (Å²) >= 11 is 3.62. The lowest BCUT2D eigenvalue weighted by Crippen LogP contribution is -2.29. The molecule has 0 radical (unpaired) electrons. The predicted octanol–water partition coefficient (Wildman–Crippen LogP) is 4.03. The van der Waals surface area contributed by atoms with Gasteiger partial charge in [-0.25, -0.2) is 4.98 Å². The Hall–Kier alpha value is -2.51. The molecule has 0 N–H and O–H groups in total. The van der Waals surface area contributed by atoms with Crippen molar-refractivity contribution in [1.29, 1.82) is 0 Å². The summed E-state index contributed by atoms with van der Waals surface area (Å²) in [6.45, 7) is 4.76. The van der Waals surface area contributed by atoms with Crippen molar-refractivity contribution in [3.8, 4) is 0 Å². The normalized spacial score (nSPS) is 14.8. The molecule has 6 nitrogen and oxygen atoms in total. The number of hydrogen-bond donors (Lipinski definition) is 0. The second kappa shape index (κ2) is 8.32. The quantitative estimate of drug-likeness (QED) is 0.581. The number of hydrogen-bond acceptors (Lipinski definition) is 4. The van der Waals surface area contributed by atoms with E-state index < -0.39 is 0 Å². The second-order valence-corrected chi connectivity index (χ2v) is 8.88. The molecule has 3 aromatic rings. The molecule has 0 unspecified atom stereocenters. The first kappa shape index (κ1) is 20.8. The van der Waals surface area contributed by atoms with E-state index in [-0.39, 0.29) is 5.91 Å². The van der Waals surface area contributed by atoms with Crippen molar-refractivity contribution in [2.45, 2.75) is 19.9 Å². The summed E-state index contributed by atoms with van der Waals surface area (Å²) in [5, 5.41) is 1.15. The van der Waals surface area contributed by atoms with Crippen molar-refractivity contribution in [3.05, 3.63) is 63.7 Å². The van der Waals surface area contributed by atoms with Crippen LogP contribution in [0.5, 0.6) is 0 Å². The lowest BCUT2D eigenvalue weighted by molar-refractivity contribution is 0.0827. The van der Waals surface area contributed by atoms with Crippen molar-refractivity contribution in [3.63, 3.8) is 0 Å². The van der Waals surface area contributed by atoms with E-state index in [1.54, 1.807) is 25.2 Å². The third-order valence-corrected chi connectivity index (χ3v) is 6.38. The molecule has 7 heteroatoms. The third kappa shape index (κ3) is 3.91. The minimum Gasteiger partial charge on any atom is -0.345 e. The molecule has 0 aliphatic carbocycles. The van der Waals surface area contributed by atoms with E-state index >= 15 is 0 Å². The van der Waals surface area contributed by atoms with Crippen molar-refractivity contribution >= 4 is 38.4 Å². The number of halogens is 1. The third-order valence-electron chi connectivity index (χ3n) is 5.69. The van der Waals surface area contributed by atoms with Gasteiger partial charge in [-0.2, -0.15) is 0 Å². The number of aromatic nitrogens is 3. The largest absolute Gasteiger partial charge is 0.345 e. The fraction of sp³-hybridized carbons (Fsp3) is 0.348. The Bertz CT molecular complexity index is 1150. The van der Waals surface area contributed by atoms with Crippen LogP contribution in [0.15, 0.2) is 41.1 Å². The van der Waals surface area contributed by atoms with Gasteiger partial charge in [0, 0.05) is 68.7 Å². The maximum absolute atomic E-state index is 12.2. The number of aryl methyl sites for hydroxylation is 2. The predicted molar refractivity (Wildman–Crippen MR) is 123 cm³/mol. The summed E-state index contributed by atoms with van der Waals surface area (Å²) in [6, 6.07) is 6.14. The molecule has 4 heterocycles. The van der Waals surface area contributed by atoms with Crippen LogP contribution in [-0.4, -0.2) is 57.4 Å². The standard InChI is InChI=1S/C23H26BrN5O/c1-15-11-17(23(30)27(2)3)13-26-21(15)16-6-9-29(10-7-16)14-18-12-19-20(24)5-8-25-22(19)28(18)4/h5-6,8,11-13H,7,9-10,14H2,1-4H3. The number of carbonyl (C=O) groups is 1. The Balaban J connectivity index is 1.49. The van der Waals surface area contributed by atoms with E-state index in [0.717, 1.165) is 52.8 Å². The average Bonchev–Trinajstić information content (AvgIpc) is 3.05. The van der Waals surface area contributed by atoms with Gasteiger partial charge in [-0.1, -0.05) is 6.08 Å². The molecule has 0 saturated carbocycles. The maximum Gasteiger partial charge on any atom is 0.254 e. The van der Waals surface area contributed by atoms with Crippen LogP contribution < -0.4 is 0 Å². The fourth-order valence-electron chi connectivity index (χ4n) is 3.98. The van der Waals surface area contributed by atoms with Gasteiger partial charge in [0.25, 0.3) is 5.91 Å². The average molecular weight is 468 g/mol. The molecule has 4 rings (SSSR count). The molecule has 0 saturated heterocycles. The van der Waals surface area contributed by atoms with Gasteiger partial charge in [0.05, 0.1) is 11.3 Å². The first-order valence-corrected chi connectivity index (χ1v) is 10.8. The van der Waals surface area contributed by atoms with Gasteiger partial charge >= 0.3 is 0 Å². The molecule has 30 heavy (non-hydrogen) atoms. The van der Waals surface area contributed by atoms with E-state index in [1.165, 1.54) is 11.3 Å². The Morgan fingerprint density at radius 1 is 1.27 bits per heavy atom. The molecule has 3 aromatic heterocycles. The monoisotopic (exact) mass is 467 g/mol. The topological polar surface area (TPSA) is 54.3 Å². The van der Waals surface area contributed by atoms with Gasteiger partial charge in [0.2, 0.25) is 0 Å². The Kier molecular flexibility index (Phi) is 5.75. The van der Waals surface area contributed by atoms with Crippen LogP contribution in [0.1, 0.15) is 33.7 Å². The number of amides is 1. The fourth-order valence-corrected chi connectivity index (χ4v) is 4.39. The highest BCUT2D eigenvalue weighted by Crippen LogP contribution is 2.28. The lowest BCUT2D eigenvalue weighted by atomic mass is 9.99. The van der Waals surface area contributed by atoms with Crippen molar-refractivity contribution in [2.24, 2.45) is 7.05 Å². The summed E-state index contributed by atoms with van der Waals surface area (Å²) in [5.41, 5.74) is 6.19. The van der Waals surface area contributed by atoms with Crippen LogP contribution in [0.4, 0.5) is 0 Å². The highest BCUT2D eigenvalue weighted by Gasteiger charge is 2.19. The van der Waals surface area contributed by atoms with Crippen LogP contribution in [0.3, 0.4) is 0 Å². The van der Waals surface area contributed by atoms with Gasteiger partial charge in [0.15, 0.2) is 0 Å². The van der Waals surface area contributed by atoms with Crippen molar-refractivity contribution in [2.75, 3.05) is 27.2 Å². The number of nitrogens with zero attached hydrogens (tertiary/aromatic N) is 5. The van der Waals surface area contributed by atoms with E-state index in [0.29, 0.717) is 5.56 Å². The Morgan fingerprint density at radius 3 is 2.70 bits per heavy atom. The van der Waals surface area contributed by atoms with Crippen LogP contribution in [0.2, 0.25) is 0 Å². The Morgan fingerprint density at radius 2 is 2.07 bits per heavy atom. The molecule has 1 aliphatic heterocycles. The highest BCUT2D eigenvalue weighted by molar-refractivity contribution is 9.10. The van der Waals surface area contributed by atoms with Crippen molar-refractivity contribution in [1.82, 2.24) is 24.3 Å².